The van der Waals surface area contributed by atoms with Gasteiger partial charge in [-0.2, -0.15) is 0 Å². The van der Waals surface area contributed by atoms with Crippen LogP contribution < -0.4 is 5.32 Å². The van der Waals surface area contributed by atoms with Gasteiger partial charge in [0, 0.05) is 18.2 Å². The molecule has 0 radical (unpaired) electrons. The maximum absolute atomic E-state index is 12.6. The summed E-state index contributed by atoms with van der Waals surface area (Å²) in [6.45, 7) is 4.11. The molecule has 5 heteroatoms. The Morgan fingerprint density at radius 2 is 2.17 bits per heavy atom. The highest BCUT2D eigenvalue weighted by Gasteiger charge is 2.52. The van der Waals surface area contributed by atoms with Crippen LogP contribution in [0.1, 0.15) is 38.7 Å². The molecule has 1 aromatic rings. The number of hydrogen-bond donors (Lipinski definition) is 1. The maximum atomic E-state index is 12.6. The van der Waals surface area contributed by atoms with Crippen LogP contribution in [0.15, 0.2) is 30.3 Å². The van der Waals surface area contributed by atoms with Crippen LogP contribution in [-0.2, 0) is 16.0 Å². The molecule has 0 spiro atoms. The van der Waals surface area contributed by atoms with Crippen LogP contribution in [0, 0.1) is 0 Å². The SMILES string of the molecule is C[C@H](CCc1ccccc1)NC(=O)[C@H]1CS[C@]2(C)CCC(=O)N12. The molecular formula is C18H24N2O2S. The molecule has 0 unspecified atom stereocenters. The summed E-state index contributed by atoms with van der Waals surface area (Å²) in [6.07, 6.45) is 3.27. The number of aryl methyl sites for hydroxylation is 1. The van der Waals surface area contributed by atoms with Crippen molar-refractivity contribution in [2.24, 2.45) is 0 Å². The molecule has 124 valence electrons. The van der Waals surface area contributed by atoms with Crippen molar-refractivity contribution in [1.82, 2.24) is 10.2 Å². The van der Waals surface area contributed by atoms with Crippen LogP contribution in [-0.4, -0.2) is 39.4 Å². The van der Waals surface area contributed by atoms with Crippen LogP contribution in [0.4, 0.5) is 0 Å². The molecule has 3 atom stereocenters. The highest BCUT2D eigenvalue weighted by atomic mass is 32.2. The van der Waals surface area contributed by atoms with Gasteiger partial charge in [0.05, 0.1) is 4.87 Å². The van der Waals surface area contributed by atoms with Gasteiger partial charge in [-0.3, -0.25) is 9.59 Å². The van der Waals surface area contributed by atoms with Crippen LogP contribution in [0.5, 0.6) is 0 Å². The van der Waals surface area contributed by atoms with Crippen LogP contribution >= 0.6 is 11.8 Å². The minimum Gasteiger partial charge on any atom is -0.352 e. The van der Waals surface area contributed by atoms with Crippen molar-refractivity contribution in [1.29, 1.82) is 0 Å². The molecule has 0 aromatic heterocycles. The average Bonchev–Trinajstić information content (AvgIpc) is 3.03. The molecule has 2 fully saturated rings. The summed E-state index contributed by atoms with van der Waals surface area (Å²) in [5, 5.41) is 3.10. The van der Waals surface area contributed by atoms with Gasteiger partial charge in [0.15, 0.2) is 0 Å². The normalized spacial score (nSPS) is 27.8. The lowest BCUT2D eigenvalue weighted by molar-refractivity contribution is -0.138. The molecule has 23 heavy (non-hydrogen) atoms. The summed E-state index contributed by atoms with van der Waals surface area (Å²) in [7, 11) is 0. The zero-order chi connectivity index (χ0) is 16.4. The zero-order valence-electron chi connectivity index (χ0n) is 13.7. The van der Waals surface area contributed by atoms with E-state index in [1.54, 1.807) is 11.8 Å². The highest BCUT2D eigenvalue weighted by Crippen LogP contribution is 2.47. The number of amides is 2. The van der Waals surface area contributed by atoms with Gasteiger partial charge < -0.3 is 10.2 Å². The first-order valence-corrected chi connectivity index (χ1v) is 9.28. The second-order valence-electron chi connectivity index (χ2n) is 6.70. The molecule has 2 aliphatic heterocycles. The lowest BCUT2D eigenvalue weighted by Gasteiger charge is -2.30. The number of benzene rings is 1. The van der Waals surface area contributed by atoms with Gasteiger partial charge in [-0.25, -0.2) is 0 Å². The van der Waals surface area contributed by atoms with Gasteiger partial charge in [-0.15, -0.1) is 11.8 Å². The van der Waals surface area contributed by atoms with Gasteiger partial charge in [0.25, 0.3) is 0 Å². The van der Waals surface area contributed by atoms with E-state index < -0.39 is 0 Å². The number of carbonyl (C=O) groups is 2. The van der Waals surface area contributed by atoms with E-state index in [4.69, 9.17) is 0 Å². The first-order chi connectivity index (χ1) is 11.0. The van der Waals surface area contributed by atoms with Gasteiger partial charge in [-0.05, 0) is 38.7 Å². The van der Waals surface area contributed by atoms with E-state index in [-0.39, 0.29) is 28.8 Å². The molecule has 0 saturated carbocycles. The summed E-state index contributed by atoms with van der Waals surface area (Å²) in [4.78, 5) is 26.3. The van der Waals surface area contributed by atoms with Gasteiger partial charge in [0.2, 0.25) is 11.8 Å². The quantitative estimate of drug-likeness (QED) is 0.901. The number of fused-ring (bicyclic) bond motifs is 1. The Balaban J connectivity index is 1.54. The van der Waals surface area contributed by atoms with Crippen molar-refractivity contribution < 1.29 is 9.59 Å². The highest BCUT2D eigenvalue weighted by molar-refractivity contribution is 8.01. The number of hydrogen-bond acceptors (Lipinski definition) is 3. The molecule has 0 aliphatic carbocycles. The second-order valence-corrected chi connectivity index (χ2v) is 8.20. The third-order valence-electron chi connectivity index (χ3n) is 4.85. The van der Waals surface area contributed by atoms with E-state index in [1.807, 2.05) is 30.0 Å². The van der Waals surface area contributed by atoms with Crippen molar-refractivity contribution in [2.75, 3.05) is 5.75 Å². The fraction of sp³-hybridized carbons (Fsp3) is 0.556. The van der Waals surface area contributed by atoms with Crippen molar-refractivity contribution in [3.8, 4) is 0 Å². The average molecular weight is 332 g/mol. The largest absolute Gasteiger partial charge is 0.352 e. The van der Waals surface area contributed by atoms with Gasteiger partial charge in [-0.1, -0.05) is 30.3 Å². The number of nitrogens with zero attached hydrogens (tertiary/aromatic N) is 1. The Kier molecular flexibility index (Phi) is 4.67. The Bertz CT molecular complexity index is 592. The molecule has 3 rings (SSSR count). The zero-order valence-corrected chi connectivity index (χ0v) is 14.6. The molecule has 2 aliphatic rings. The minimum absolute atomic E-state index is 0.00274. The summed E-state index contributed by atoms with van der Waals surface area (Å²) in [5.41, 5.74) is 1.28. The molecule has 1 N–H and O–H groups in total. The Labute approximate surface area is 142 Å². The Hall–Kier alpha value is -1.49. The summed E-state index contributed by atoms with van der Waals surface area (Å²) >= 11 is 1.74. The van der Waals surface area contributed by atoms with E-state index in [0.717, 1.165) is 19.3 Å². The lowest BCUT2D eigenvalue weighted by Crippen LogP contribution is -2.51. The molecule has 4 nitrogen and oxygen atoms in total. The van der Waals surface area contributed by atoms with E-state index in [2.05, 4.69) is 24.4 Å². The fourth-order valence-corrected chi connectivity index (χ4v) is 4.89. The lowest BCUT2D eigenvalue weighted by atomic mass is 10.1. The standard InChI is InChI=1S/C18H24N2O2S/c1-13(8-9-14-6-4-3-5-7-14)19-17(22)15-12-23-18(2)11-10-16(21)20(15)18/h3-7,13,15H,8-12H2,1-2H3,(H,19,22)/t13-,15-,18-/m1/s1. The van der Waals surface area contributed by atoms with Gasteiger partial charge in [0.1, 0.15) is 6.04 Å². The van der Waals surface area contributed by atoms with E-state index in [0.29, 0.717) is 12.2 Å². The van der Waals surface area contributed by atoms with Crippen molar-refractivity contribution in [3.63, 3.8) is 0 Å². The number of rotatable bonds is 5. The monoisotopic (exact) mass is 332 g/mol. The molecule has 1 aromatic carbocycles. The Morgan fingerprint density at radius 3 is 2.91 bits per heavy atom. The van der Waals surface area contributed by atoms with Crippen molar-refractivity contribution in [2.45, 2.75) is 56.5 Å². The van der Waals surface area contributed by atoms with E-state index in [1.165, 1.54) is 5.56 Å². The van der Waals surface area contributed by atoms with Crippen molar-refractivity contribution in [3.05, 3.63) is 35.9 Å². The van der Waals surface area contributed by atoms with Gasteiger partial charge >= 0.3 is 0 Å². The molecule has 0 bridgehead atoms. The van der Waals surface area contributed by atoms with E-state index >= 15 is 0 Å². The first kappa shape index (κ1) is 16.4. The smallest absolute Gasteiger partial charge is 0.243 e. The number of thioether (sulfide) groups is 1. The third kappa shape index (κ3) is 3.39. The molecule has 2 saturated heterocycles. The maximum Gasteiger partial charge on any atom is 0.243 e. The van der Waals surface area contributed by atoms with E-state index in [9.17, 15) is 9.59 Å². The van der Waals surface area contributed by atoms with Crippen LogP contribution in [0.25, 0.3) is 0 Å². The topological polar surface area (TPSA) is 49.4 Å². The number of carbonyl (C=O) groups excluding carboxylic acids is 2. The van der Waals surface area contributed by atoms with Crippen LogP contribution in [0.2, 0.25) is 0 Å². The molecule has 2 amide bonds. The summed E-state index contributed by atoms with van der Waals surface area (Å²) in [5.74, 6) is 0.825. The summed E-state index contributed by atoms with van der Waals surface area (Å²) < 4.78 is 0. The third-order valence-corrected chi connectivity index (χ3v) is 6.35. The van der Waals surface area contributed by atoms with Crippen molar-refractivity contribution >= 4 is 23.6 Å². The molecular weight excluding hydrogens is 308 g/mol. The van der Waals surface area contributed by atoms with Crippen LogP contribution in [0.3, 0.4) is 0 Å². The molecule has 2 heterocycles. The summed E-state index contributed by atoms with van der Waals surface area (Å²) in [6, 6.07) is 10.1. The fourth-order valence-electron chi connectivity index (χ4n) is 3.45. The first-order valence-electron chi connectivity index (χ1n) is 8.30. The minimum atomic E-state index is -0.306. The predicted octanol–water partition coefficient (Wildman–Crippen LogP) is 2.58. The second kappa shape index (κ2) is 6.56. The Morgan fingerprint density at radius 1 is 1.43 bits per heavy atom. The predicted molar refractivity (Wildman–Crippen MR) is 93.1 cm³/mol. The number of nitrogens with one attached hydrogen (secondary N) is 1.